The van der Waals surface area contributed by atoms with Gasteiger partial charge in [0.05, 0.1) is 33.0 Å². The zero-order valence-electron chi connectivity index (χ0n) is 14.4. The highest BCUT2D eigenvalue weighted by Gasteiger charge is 2.14. The Bertz CT molecular complexity index is 752. The molecule has 0 aliphatic carbocycles. The van der Waals surface area contributed by atoms with E-state index in [0.717, 1.165) is 5.56 Å². The molecule has 2 rings (SSSR count). The summed E-state index contributed by atoms with van der Waals surface area (Å²) in [5, 5.41) is 8.76. The Balaban J connectivity index is 2.02. The monoisotopic (exact) mass is 341 g/mol. The van der Waals surface area contributed by atoms with E-state index in [4.69, 9.17) is 24.2 Å². The summed E-state index contributed by atoms with van der Waals surface area (Å²) >= 11 is 0. The maximum Gasteiger partial charge on any atom is 0.311 e. The van der Waals surface area contributed by atoms with E-state index in [-0.39, 0.29) is 12.4 Å². The third-order valence-electron chi connectivity index (χ3n) is 3.56. The lowest BCUT2D eigenvalue weighted by atomic mass is 10.1. The molecule has 0 amide bonds. The summed E-state index contributed by atoms with van der Waals surface area (Å²) in [4.78, 5) is 12.0. The summed E-state index contributed by atoms with van der Waals surface area (Å²) in [5.74, 6) is 1.64. The van der Waals surface area contributed by atoms with Crippen molar-refractivity contribution in [3.63, 3.8) is 0 Å². The zero-order chi connectivity index (χ0) is 18.2. The van der Waals surface area contributed by atoms with Gasteiger partial charge in [0, 0.05) is 6.42 Å². The van der Waals surface area contributed by atoms with Gasteiger partial charge in [-0.15, -0.1) is 0 Å². The van der Waals surface area contributed by atoms with Crippen LogP contribution >= 0.6 is 0 Å². The fourth-order valence-corrected chi connectivity index (χ4v) is 2.31. The molecule has 0 N–H and O–H groups in total. The first kappa shape index (κ1) is 18.1. The van der Waals surface area contributed by atoms with Crippen LogP contribution in [0, 0.1) is 11.3 Å². The molecule has 0 aliphatic rings. The van der Waals surface area contributed by atoms with Crippen LogP contribution in [0.3, 0.4) is 0 Å². The van der Waals surface area contributed by atoms with Gasteiger partial charge in [-0.25, -0.2) is 0 Å². The fraction of sp³-hybridized carbons (Fsp3) is 0.263. The first-order chi connectivity index (χ1) is 12.1. The van der Waals surface area contributed by atoms with E-state index in [9.17, 15) is 4.79 Å². The van der Waals surface area contributed by atoms with Crippen LogP contribution in [0.4, 0.5) is 0 Å². The van der Waals surface area contributed by atoms with E-state index in [2.05, 4.69) is 0 Å². The minimum atomic E-state index is -0.363. The van der Waals surface area contributed by atoms with Crippen molar-refractivity contribution in [2.45, 2.75) is 12.8 Å². The van der Waals surface area contributed by atoms with E-state index >= 15 is 0 Å². The molecular formula is C19H19NO5. The molecule has 0 aromatic heterocycles. The Morgan fingerprint density at radius 2 is 1.60 bits per heavy atom. The van der Waals surface area contributed by atoms with Crippen LogP contribution in [0.2, 0.25) is 0 Å². The normalized spacial score (nSPS) is 9.84. The van der Waals surface area contributed by atoms with Crippen molar-refractivity contribution in [1.29, 1.82) is 5.26 Å². The number of rotatable bonds is 7. The van der Waals surface area contributed by atoms with Crippen molar-refractivity contribution >= 4 is 5.97 Å². The summed E-state index contributed by atoms with van der Waals surface area (Å²) in [6.07, 6.45) is 0.657. The van der Waals surface area contributed by atoms with Crippen molar-refractivity contribution in [1.82, 2.24) is 0 Å². The summed E-state index contributed by atoms with van der Waals surface area (Å²) in [6.45, 7) is 0. The van der Waals surface area contributed by atoms with E-state index in [1.165, 1.54) is 7.11 Å². The first-order valence-electron chi connectivity index (χ1n) is 7.61. The molecule has 130 valence electrons. The molecule has 0 atom stereocenters. The predicted octanol–water partition coefficient (Wildman–Crippen LogP) is 3.12. The van der Waals surface area contributed by atoms with Gasteiger partial charge in [-0.3, -0.25) is 4.79 Å². The quantitative estimate of drug-likeness (QED) is 0.569. The van der Waals surface area contributed by atoms with Crippen LogP contribution in [-0.4, -0.2) is 27.3 Å². The largest absolute Gasteiger partial charge is 0.493 e. The van der Waals surface area contributed by atoms with Crippen molar-refractivity contribution < 1.29 is 23.7 Å². The van der Waals surface area contributed by atoms with E-state index < -0.39 is 0 Å². The summed E-state index contributed by atoms with van der Waals surface area (Å²) in [5.41, 5.74) is 1.38. The lowest BCUT2D eigenvalue weighted by molar-refractivity contribution is -0.134. The van der Waals surface area contributed by atoms with Crippen molar-refractivity contribution in [2.24, 2.45) is 0 Å². The number of aryl methyl sites for hydroxylation is 1. The van der Waals surface area contributed by atoms with Gasteiger partial charge >= 0.3 is 5.97 Å². The molecule has 0 saturated carbocycles. The van der Waals surface area contributed by atoms with Crippen molar-refractivity contribution in [2.75, 3.05) is 21.3 Å². The maximum atomic E-state index is 12.0. The lowest BCUT2D eigenvalue weighted by Crippen LogP contribution is -2.09. The van der Waals surface area contributed by atoms with Gasteiger partial charge in [-0.2, -0.15) is 5.26 Å². The number of ether oxygens (including phenoxy) is 4. The van der Waals surface area contributed by atoms with Gasteiger partial charge < -0.3 is 18.9 Å². The Hall–Kier alpha value is -3.20. The van der Waals surface area contributed by atoms with Crippen LogP contribution in [0.1, 0.15) is 17.5 Å². The Morgan fingerprint density at radius 1 is 1.00 bits per heavy atom. The Morgan fingerprint density at radius 3 is 2.08 bits per heavy atom. The summed E-state index contributed by atoms with van der Waals surface area (Å²) < 4.78 is 21.1. The first-order valence-corrected chi connectivity index (χ1v) is 7.61. The number of hydrogen-bond donors (Lipinski definition) is 0. The number of esters is 1. The zero-order valence-corrected chi connectivity index (χ0v) is 14.4. The number of hydrogen-bond acceptors (Lipinski definition) is 6. The second kappa shape index (κ2) is 8.60. The molecule has 0 heterocycles. The van der Waals surface area contributed by atoms with Crippen molar-refractivity contribution in [3.05, 3.63) is 47.5 Å². The molecule has 0 fully saturated rings. The van der Waals surface area contributed by atoms with Crippen LogP contribution in [0.25, 0.3) is 0 Å². The van der Waals surface area contributed by atoms with Crippen LogP contribution in [0.5, 0.6) is 23.0 Å². The molecule has 2 aromatic carbocycles. The molecule has 0 aliphatic heterocycles. The second-order valence-corrected chi connectivity index (χ2v) is 5.14. The number of nitrogens with zero attached hydrogens (tertiary/aromatic N) is 1. The van der Waals surface area contributed by atoms with Crippen molar-refractivity contribution in [3.8, 4) is 29.1 Å². The topological polar surface area (TPSA) is 77.8 Å². The molecule has 0 radical (unpaired) electrons. The average Bonchev–Trinajstić information content (AvgIpc) is 2.65. The number of benzene rings is 2. The molecule has 0 unspecified atom stereocenters. The Labute approximate surface area is 146 Å². The summed E-state index contributed by atoms with van der Waals surface area (Å²) in [7, 11) is 4.62. The molecule has 25 heavy (non-hydrogen) atoms. The third-order valence-corrected chi connectivity index (χ3v) is 3.56. The predicted molar refractivity (Wildman–Crippen MR) is 91.2 cm³/mol. The van der Waals surface area contributed by atoms with E-state index in [1.54, 1.807) is 50.6 Å². The van der Waals surface area contributed by atoms with Gasteiger partial charge in [0.25, 0.3) is 0 Å². The second-order valence-electron chi connectivity index (χ2n) is 5.14. The average molecular weight is 341 g/mol. The molecule has 0 bridgehead atoms. The third kappa shape index (κ3) is 4.64. The number of carbonyl (C=O) groups is 1. The molecule has 6 nitrogen and oxygen atoms in total. The highest BCUT2D eigenvalue weighted by Crippen LogP contribution is 2.38. The van der Waals surface area contributed by atoms with E-state index in [1.807, 2.05) is 6.07 Å². The Kier molecular flexibility index (Phi) is 6.24. The summed E-state index contributed by atoms with van der Waals surface area (Å²) in [6, 6.07) is 12.0. The van der Waals surface area contributed by atoms with Gasteiger partial charge in [-0.1, -0.05) is 0 Å². The van der Waals surface area contributed by atoms with Gasteiger partial charge in [0.1, 0.15) is 5.75 Å². The van der Waals surface area contributed by atoms with Gasteiger partial charge in [0.15, 0.2) is 11.5 Å². The van der Waals surface area contributed by atoms with Crippen LogP contribution in [0.15, 0.2) is 36.4 Å². The molecule has 0 saturated heterocycles. The van der Waals surface area contributed by atoms with Gasteiger partial charge in [0.2, 0.25) is 5.75 Å². The SMILES string of the molecule is COc1cc(CCC(=O)Oc2ccc(C#N)cc2)cc(OC)c1OC. The van der Waals surface area contributed by atoms with Crippen LogP contribution < -0.4 is 18.9 Å². The van der Waals surface area contributed by atoms with E-state index in [0.29, 0.717) is 35.0 Å². The minimum absolute atomic E-state index is 0.193. The molecular weight excluding hydrogens is 322 g/mol. The maximum absolute atomic E-state index is 12.0. The number of carbonyl (C=O) groups excluding carboxylic acids is 1. The van der Waals surface area contributed by atoms with Crippen LogP contribution in [-0.2, 0) is 11.2 Å². The smallest absolute Gasteiger partial charge is 0.311 e. The molecule has 2 aromatic rings. The highest BCUT2D eigenvalue weighted by atomic mass is 16.5. The van der Waals surface area contributed by atoms with Gasteiger partial charge in [-0.05, 0) is 48.4 Å². The molecule has 0 spiro atoms. The highest BCUT2D eigenvalue weighted by molar-refractivity contribution is 5.72. The lowest BCUT2D eigenvalue weighted by Gasteiger charge is -2.14. The minimum Gasteiger partial charge on any atom is -0.493 e. The molecule has 6 heteroatoms. The fourth-order valence-electron chi connectivity index (χ4n) is 2.31. The standard InChI is InChI=1S/C19H19NO5/c1-22-16-10-14(11-17(23-2)19(16)24-3)6-9-18(21)25-15-7-4-13(12-20)5-8-15/h4-5,7-8,10-11H,6,9H2,1-3H3. The number of nitriles is 1. The number of methoxy groups -OCH3 is 3.